The van der Waals surface area contributed by atoms with Gasteiger partial charge >= 0.3 is 0 Å². The van der Waals surface area contributed by atoms with Gasteiger partial charge in [-0.1, -0.05) is 101 Å². The highest BCUT2D eigenvalue weighted by Crippen LogP contribution is 1.68. The van der Waals surface area contributed by atoms with Crippen LogP contribution in [0.5, 0.6) is 0 Å². The summed E-state index contributed by atoms with van der Waals surface area (Å²) in [5, 5.41) is 0. The van der Waals surface area contributed by atoms with Gasteiger partial charge in [-0.05, 0) is 10.2 Å². The fraction of sp³-hybridized carbons (Fsp3) is 1.00. The van der Waals surface area contributed by atoms with Gasteiger partial charge in [0.25, 0.3) is 0 Å². The number of hydrogen-bond acceptors (Lipinski definition) is 0. The Bertz CT molecular complexity index is 32.9. The van der Waals surface area contributed by atoms with Crippen LogP contribution < -0.4 is 0 Å². The Balaban J connectivity index is -0.0000000127. The molecule has 0 bridgehead atoms. The second kappa shape index (κ2) is 111. The Hall–Kier alpha value is 0.651. The van der Waals surface area contributed by atoms with Crippen LogP contribution in [0.15, 0.2) is 0 Å². The van der Waals surface area contributed by atoms with Crippen molar-refractivity contribution < 1.29 is 1.43 Å². The minimum absolute atomic E-state index is 0. The van der Waals surface area contributed by atoms with Crippen molar-refractivity contribution in [2.75, 3.05) is 0 Å². The van der Waals surface area contributed by atoms with Gasteiger partial charge in [-0.3, -0.25) is 0 Å². The van der Waals surface area contributed by atoms with Gasteiger partial charge < -0.3 is 0 Å². The van der Waals surface area contributed by atoms with E-state index in [1.807, 2.05) is 55.4 Å². The molecule has 0 unspecified atom stereocenters. The molecule has 0 saturated heterocycles. The molecule has 0 aromatic carbocycles. The van der Waals surface area contributed by atoms with Crippen LogP contribution in [-0.2, 0) is 0 Å². The van der Waals surface area contributed by atoms with Gasteiger partial charge in [0.1, 0.15) is 0 Å². The summed E-state index contributed by atoms with van der Waals surface area (Å²) in [6.45, 7) is 32.0. The van der Waals surface area contributed by atoms with Gasteiger partial charge in [-0.2, -0.15) is 0 Å². The first-order valence-electron chi connectivity index (χ1n) is 8.46. The second-order valence-electron chi connectivity index (χ2n) is 3.46. The summed E-state index contributed by atoms with van der Waals surface area (Å²) >= 11 is 0. The molecule has 0 amide bonds. The van der Waals surface area contributed by atoms with Crippen LogP contribution in [0.25, 0.3) is 0 Å². The lowest BCUT2D eigenvalue weighted by atomic mass is 11.0. The first-order chi connectivity index (χ1) is 8.46. The van der Waals surface area contributed by atoms with Crippen molar-refractivity contribution >= 4 is 27.8 Å². The topological polar surface area (TPSA) is 0 Å². The van der Waals surface area contributed by atoms with Crippen molar-refractivity contribution in [3.05, 3.63) is 0 Å². The molecular formula is C15H52Si3. The molecule has 0 atom stereocenters. The zero-order valence-corrected chi connectivity index (χ0v) is 21.5. The van der Waals surface area contributed by atoms with Crippen LogP contribution in [0, 0.1) is 0 Å². The van der Waals surface area contributed by atoms with E-state index >= 15 is 0 Å². The summed E-state index contributed by atoms with van der Waals surface area (Å²) in [4.78, 5) is 0. The first kappa shape index (κ1) is 42.8. The van der Waals surface area contributed by atoms with Crippen molar-refractivity contribution in [2.24, 2.45) is 0 Å². The Morgan fingerprint density at radius 1 is 0.444 bits per heavy atom. The maximum atomic E-state index is 2.31. The van der Waals surface area contributed by atoms with Crippen LogP contribution >= 0.6 is 0 Å². The smallest absolute Gasteiger partial charge is 0.0274 e. The standard InChI is InChI=1S/2C3H10Si.4C2H6.CH6Si.H2/c2*1-4(2)3;5*1-2;/h2*4H,1-3H3;5*1-2H3;1H. The molecule has 0 radical (unpaired) electrons. The Morgan fingerprint density at radius 2 is 0.444 bits per heavy atom. The first-order valence-corrected chi connectivity index (χ1v) is 17.4. The predicted octanol–water partition coefficient (Wildman–Crippen LogP) is 5.96. The summed E-state index contributed by atoms with van der Waals surface area (Å²) in [5.41, 5.74) is 0. The molecule has 0 aliphatic rings. The molecule has 0 spiro atoms. The summed E-state index contributed by atoms with van der Waals surface area (Å²) in [6.07, 6.45) is 0. The van der Waals surface area contributed by atoms with E-state index in [-0.39, 0.29) is 19.0 Å². The molecule has 0 fully saturated rings. The molecule has 0 aliphatic heterocycles. The van der Waals surface area contributed by atoms with Gasteiger partial charge in [0.15, 0.2) is 0 Å². The van der Waals surface area contributed by atoms with E-state index in [0.717, 1.165) is 0 Å². The summed E-state index contributed by atoms with van der Waals surface area (Å²) in [6, 6.07) is 0. The third-order valence-electron chi connectivity index (χ3n) is 0. The van der Waals surface area contributed by atoms with E-state index in [1.54, 1.807) is 0 Å². The van der Waals surface area contributed by atoms with E-state index in [2.05, 4.69) is 45.8 Å². The molecule has 18 heavy (non-hydrogen) atoms. The Labute approximate surface area is 130 Å². The average molecular weight is 317 g/mol. The summed E-state index contributed by atoms with van der Waals surface area (Å²) in [7, 11) is 1.03. The van der Waals surface area contributed by atoms with Gasteiger partial charge in [0.2, 0.25) is 0 Å². The van der Waals surface area contributed by atoms with E-state index in [1.165, 1.54) is 10.2 Å². The minimum atomic E-state index is -0.139. The van der Waals surface area contributed by atoms with Crippen LogP contribution in [0.1, 0.15) is 56.8 Å². The minimum Gasteiger partial charge on any atom is -0.0777 e. The van der Waals surface area contributed by atoms with Gasteiger partial charge in [-0.15, -0.1) is 0 Å². The van der Waals surface area contributed by atoms with Gasteiger partial charge in [0, 0.05) is 19.0 Å². The molecule has 0 nitrogen and oxygen atoms in total. The fourth-order valence-electron chi connectivity index (χ4n) is 0. The van der Waals surface area contributed by atoms with Crippen molar-refractivity contribution in [1.82, 2.24) is 0 Å². The zero-order valence-electron chi connectivity index (χ0n) is 17.2. The van der Waals surface area contributed by atoms with Gasteiger partial charge in [-0.25, -0.2) is 0 Å². The maximum Gasteiger partial charge on any atom is 0.0274 e. The molecule has 0 aromatic rings. The number of hydrogen-bond donors (Lipinski definition) is 0. The normalized spacial score (nSPS) is 5.83. The summed E-state index contributed by atoms with van der Waals surface area (Å²) < 4.78 is 0. The van der Waals surface area contributed by atoms with E-state index in [9.17, 15) is 0 Å². The van der Waals surface area contributed by atoms with Crippen molar-refractivity contribution in [3.63, 3.8) is 0 Å². The van der Waals surface area contributed by atoms with Crippen molar-refractivity contribution in [3.8, 4) is 0 Å². The van der Waals surface area contributed by atoms with Gasteiger partial charge in [0.05, 0.1) is 0 Å². The fourth-order valence-corrected chi connectivity index (χ4v) is 0. The molecule has 0 rings (SSSR count). The highest BCUT2D eigenvalue weighted by molar-refractivity contribution is 6.54. The average Bonchev–Trinajstić information content (AvgIpc) is 2.39. The Kier molecular flexibility index (Phi) is 263. The Morgan fingerprint density at radius 3 is 0.444 bits per heavy atom. The van der Waals surface area contributed by atoms with E-state index in [0.29, 0.717) is 0 Å². The molecule has 0 heterocycles. The SMILES string of the molecule is CC.CC.CC.CC.C[SiH3].C[SiH](C)C.C[SiH](C)C.[HH]. The second-order valence-corrected chi connectivity index (χ2v) is 10.4. The van der Waals surface area contributed by atoms with Crippen LogP contribution in [0.2, 0.25) is 45.8 Å². The van der Waals surface area contributed by atoms with Crippen molar-refractivity contribution in [2.45, 2.75) is 101 Å². The molecule has 3 heteroatoms. The lowest BCUT2D eigenvalue weighted by molar-refractivity contribution is 1.50. The van der Waals surface area contributed by atoms with Crippen LogP contribution in [0.4, 0.5) is 0 Å². The summed E-state index contributed by atoms with van der Waals surface area (Å²) in [5.74, 6) is 0. The quantitative estimate of drug-likeness (QED) is 0.484. The van der Waals surface area contributed by atoms with Crippen LogP contribution in [-0.4, -0.2) is 27.8 Å². The highest BCUT2D eigenvalue weighted by atomic mass is 28.3. The third kappa shape index (κ3) is 9630. The lowest BCUT2D eigenvalue weighted by Crippen LogP contribution is -1.84. The highest BCUT2D eigenvalue weighted by Gasteiger charge is 1.72. The van der Waals surface area contributed by atoms with E-state index in [4.69, 9.17) is 0 Å². The van der Waals surface area contributed by atoms with E-state index < -0.39 is 0 Å². The lowest BCUT2D eigenvalue weighted by Gasteiger charge is -1.75. The van der Waals surface area contributed by atoms with Crippen molar-refractivity contribution in [1.29, 1.82) is 0 Å². The molecule has 124 valence electrons. The molecular weight excluding hydrogens is 264 g/mol. The maximum absolute atomic E-state index is 2.31. The number of rotatable bonds is 0. The molecule has 0 aromatic heterocycles. The monoisotopic (exact) mass is 316 g/mol. The largest absolute Gasteiger partial charge is 0.0777 e. The third-order valence-corrected chi connectivity index (χ3v) is 0. The van der Waals surface area contributed by atoms with Crippen LogP contribution in [0.3, 0.4) is 0 Å². The molecule has 0 aliphatic carbocycles. The molecule has 0 saturated carbocycles. The molecule has 0 N–H and O–H groups in total. The predicted molar refractivity (Wildman–Crippen MR) is 113 cm³/mol. The zero-order chi connectivity index (χ0) is 17.2.